The van der Waals surface area contributed by atoms with Crippen molar-refractivity contribution < 1.29 is 17.9 Å². The fourth-order valence-electron chi connectivity index (χ4n) is 1.55. The minimum Gasteiger partial charge on any atom is -0.494 e. The van der Waals surface area contributed by atoms with E-state index in [0.29, 0.717) is 17.9 Å². The van der Waals surface area contributed by atoms with Crippen LogP contribution in [0.1, 0.15) is 31.4 Å². The lowest BCUT2D eigenvalue weighted by atomic mass is 10.0. The molecule has 1 rings (SSSR count). The molecule has 0 spiro atoms. The predicted octanol–water partition coefficient (Wildman–Crippen LogP) is 3.85. The van der Waals surface area contributed by atoms with E-state index in [1.54, 1.807) is 24.3 Å². The summed E-state index contributed by atoms with van der Waals surface area (Å²) in [7, 11) is 0. The van der Waals surface area contributed by atoms with Crippen LogP contribution in [-0.4, -0.2) is 12.8 Å². The third-order valence-electron chi connectivity index (χ3n) is 2.36. The van der Waals surface area contributed by atoms with Crippen molar-refractivity contribution in [3.63, 3.8) is 0 Å². The molecule has 2 nitrogen and oxygen atoms in total. The van der Waals surface area contributed by atoms with Crippen molar-refractivity contribution in [2.24, 2.45) is 5.73 Å². The first kappa shape index (κ1) is 17.1. The number of para-hydroxylation sites is 1. The average molecular weight is 284 g/mol. The highest BCUT2D eigenvalue weighted by molar-refractivity contribution is 5.85. The number of ether oxygens (including phenoxy) is 1. The third-order valence-corrected chi connectivity index (χ3v) is 2.36. The highest BCUT2D eigenvalue weighted by Gasteiger charge is 2.28. The van der Waals surface area contributed by atoms with E-state index in [1.165, 1.54) is 0 Å². The maximum atomic E-state index is 12.1. The van der Waals surface area contributed by atoms with Crippen LogP contribution in [0, 0.1) is 0 Å². The normalized spacial score (nSPS) is 12.7. The SMILES string of the molecule is CCOc1ccccc1[C@H](N)CCC(F)(F)F.Cl. The minimum atomic E-state index is -4.17. The maximum Gasteiger partial charge on any atom is 0.389 e. The van der Waals surface area contributed by atoms with E-state index in [4.69, 9.17) is 10.5 Å². The topological polar surface area (TPSA) is 35.2 Å². The summed E-state index contributed by atoms with van der Waals surface area (Å²) < 4.78 is 41.6. The number of alkyl halides is 3. The zero-order chi connectivity index (χ0) is 12.9. The highest BCUT2D eigenvalue weighted by atomic mass is 35.5. The van der Waals surface area contributed by atoms with E-state index in [1.807, 2.05) is 6.92 Å². The number of nitrogens with two attached hydrogens (primary N) is 1. The summed E-state index contributed by atoms with van der Waals surface area (Å²) in [5.74, 6) is 0.560. The van der Waals surface area contributed by atoms with Crippen LogP contribution in [0.15, 0.2) is 24.3 Å². The molecule has 2 N–H and O–H groups in total. The van der Waals surface area contributed by atoms with Gasteiger partial charge in [0.25, 0.3) is 0 Å². The first-order valence-electron chi connectivity index (χ1n) is 5.48. The Kier molecular flexibility index (Phi) is 7.09. The van der Waals surface area contributed by atoms with Crippen LogP contribution in [0.5, 0.6) is 5.75 Å². The Morgan fingerprint density at radius 1 is 1.28 bits per heavy atom. The first-order chi connectivity index (χ1) is 7.94. The molecule has 0 aliphatic carbocycles. The standard InChI is InChI=1S/C12H16F3NO.ClH/c1-2-17-11-6-4-3-5-9(11)10(16)7-8-12(13,14)15;/h3-6,10H,2,7-8,16H2,1H3;1H/t10-;/m1./s1. The molecule has 0 bridgehead atoms. The molecular weight excluding hydrogens is 267 g/mol. The van der Waals surface area contributed by atoms with Gasteiger partial charge in [-0.2, -0.15) is 13.2 Å². The van der Waals surface area contributed by atoms with Crippen molar-refractivity contribution in [1.82, 2.24) is 0 Å². The molecular formula is C12H17ClF3NO. The van der Waals surface area contributed by atoms with Gasteiger partial charge < -0.3 is 10.5 Å². The molecule has 6 heteroatoms. The van der Waals surface area contributed by atoms with Crippen LogP contribution in [0.25, 0.3) is 0 Å². The number of hydrogen-bond acceptors (Lipinski definition) is 2. The van der Waals surface area contributed by atoms with Gasteiger partial charge in [0, 0.05) is 18.0 Å². The Labute approximate surface area is 111 Å². The van der Waals surface area contributed by atoms with Crippen LogP contribution in [0.4, 0.5) is 13.2 Å². The molecule has 0 amide bonds. The van der Waals surface area contributed by atoms with Gasteiger partial charge in [-0.1, -0.05) is 18.2 Å². The summed E-state index contributed by atoms with van der Waals surface area (Å²) in [6.45, 7) is 2.28. The van der Waals surface area contributed by atoms with Crippen LogP contribution in [-0.2, 0) is 0 Å². The Morgan fingerprint density at radius 3 is 2.44 bits per heavy atom. The maximum absolute atomic E-state index is 12.1. The molecule has 0 fully saturated rings. The van der Waals surface area contributed by atoms with Gasteiger partial charge in [0.1, 0.15) is 5.75 Å². The molecule has 18 heavy (non-hydrogen) atoms. The lowest BCUT2D eigenvalue weighted by Gasteiger charge is -2.17. The molecule has 0 saturated heterocycles. The van der Waals surface area contributed by atoms with Crippen LogP contribution in [0.2, 0.25) is 0 Å². The molecule has 0 radical (unpaired) electrons. The summed E-state index contributed by atoms with van der Waals surface area (Å²) in [5.41, 5.74) is 6.38. The van der Waals surface area contributed by atoms with Crippen LogP contribution >= 0.6 is 12.4 Å². The Balaban J connectivity index is 0.00000289. The zero-order valence-corrected chi connectivity index (χ0v) is 10.9. The monoisotopic (exact) mass is 283 g/mol. The van der Waals surface area contributed by atoms with Crippen LogP contribution in [0.3, 0.4) is 0 Å². The van der Waals surface area contributed by atoms with Gasteiger partial charge in [-0.05, 0) is 19.4 Å². The van der Waals surface area contributed by atoms with E-state index in [0.717, 1.165) is 0 Å². The molecule has 1 aromatic carbocycles. The van der Waals surface area contributed by atoms with Gasteiger partial charge in [0.2, 0.25) is 0 Å². The summed E-state index contributed by atoms with van der Waals surface area (Å²) in [5, 5.41) is 0. The van der Waals surface area contributed by atoms with E-state index in [-0.39, 0.29) is 18.8 Å². The van der Waals surface area contributed by atoms with Crippen molar-refractivity contribution in [1.29, 1.82) is 0 Å². The molecule has 0 aliphatic heterocycles. The molecule has 0 saturated carbocycles. The van der Waals surface area contributed by atoms with Gasteiger partial charge in [-0.3, -0.25) is 0 Å². The van der Waals surface area contributed by atoms with Crippen molar-refractivity contribution in [2.45, 2.75) is 32.0 Å². The van der Waals surface area contributed by atoms with Gasteiger partial charge in [-0.25, -0.2) is 0 Å². The molecule has 0 heterocycles. The predicted molar refractivity (Wildman–Crippen MR) is 67.1 cm³/mol. The summed E-state index contributed by atoms with van der Waals surface area (Å²) in [6.07, 6.45) is -5.18. The number of halogens is 4. The van der Waals surface area contributed by atoms with Gasteiger partial charge in [0.15, 0.2) is 0 Å². The lowest BCUT2D eigenvalue weighted by Crippen LogP contribution is -2.16. The second-order valence-corrected chi connectivity index (χ2v) is 3.73. The van der Waals surface area contributed by atoms with E-state index < -0.39 is 18.6 Å². The zero-order valence-electron chi connectivity index (χ0n) is 10.0. The molecule has 0 unspecified atom stereocenters. The second-order valence-electron chi connectivity index (χ2n) is 3.73. The van der Waals surface area contributed by atoms with Crippen molar-refractivity contribution in [3.05, 3.63) is 29.8 Å². The number of hydrogen-bond donors (Lipinski definition) is 1. The smallest absolute Gasteiger partial charge is 0.389 e. The minimum absolute atomic E-state index is 0. The van der Waals surface area contributed by atoms with Crippen molar-refractivity contribution in [2.75, 3.05) is 6.61 Å². The third kappa shape index (κ3) is 5.60. The van der Waals surface area contributed by atoms with E-state index in [2.05, 4.69) is 0 Å². The average Bonchev–Trinajstić information content (AvgIpc) is 2.26. The van der Waals surface area contributed by atoms with Gasteiger partial charge >= 0.3 is 6.18 Å². The lowest BCUT2D eigenvalue weighted by molar-refractivity contribution is -0.136. The summed E-state index contributed by atoms with van der Waals surface area (Å²) in [6, 6.07) is 6.27. The van der Waals surface area contributed by atoms with E-state index >= 15 is 0 Å². The fraction of sp³-hybridized carbons (Fsp3) is 0.500. The Bertz CT molecular complexity index is 357. The van der Waals surface area contributed by atoms with Gasteiger partial charge in [0.05, 0.1) is 6.61 Å². The van der Waals surface area contributed by atoms with Crippen molar-refractivity contribution >= 4 is 12.4 Å². The number of rotatable bonds is 5. The summed E-state index contributed by atoms with van der Waals surface area (Å²) >= 11 is 0. The second kappa shape index (κ2) is 7.48. The Morgan fingerprint density at radius 2 is 1.89 bits per heavy atom. The quantitative estimate of drug-likeness (QED) is 0.891. The molecule has 0 aromatic heterocycles. The fourth-order valence-corrected chi connectivity index (χ4v) is 1.55. The first-order valence-corrected chi connectivity index (χ1v) is 5.48. The van der Waals surface area contributed by atoms with E-state index in [9.17, 15) is 13.2 Å². The Hall–Kier alpha value is -0.940. The molecule has 0 aliphatic rings. The molecule has 104 valence electrons. The van der Waals surface area contributed by atoms with Crippen molar-refractivity contribution in [3.8, 4) is 5.75 Å². The van der Waals surface area contributed by atoms with Crippen LogP contribution < -0.4 is 10.5 Å². The molecule has 1 aromatic rings. The molecule has 1 atom stereocenters. The largest absolute Gasteiger partial charge is 0.494 e. The highest BCUT2D eigenvalue weighted by Crippen LogP contribution is 2.30. The summed E-state index contributed by atoms with van der Waals surface area (Å²) in [4.78, 5) is 0. The van der Waals surface area contributed by atoms with Gasteiger partial charge in [-0.15, -0.1) is 12.4 Å². The number of benzene rings is 1.